The van der Waals surface area contributed by atoms with E-state index in [2.05, 4.69) is 58.3 Å². The van der Waals surface area contributed by atoms with Gasteiger partial charge in [-0.2, -0.15) is 0 Å². The van der Waals surface area contributed by atoms with Crippen molar-refractivity contribution in [2.45, 2.75) is 89.8 Å². The van der Waals surface area contributed by atoms with E-state index in [9.17, 15) is 24.0 Å². The average molecular weight is 711 g/mol. The smallest absolute Gasteiger partial charge is 0.255 e. The standard InChI is InChI=1S/C42H42N6O5/c1-5-23-19-29-31(42(2,3)39-37(38(29)51)28-11-10-26(43-4)20-32(28)45-39)21-34(23)47-17-15-25(16-18-47)44-35(49)13-9-24-7-6-8-27-30(24)22-48(41(27)53)33-12-14-36(50)46-40(33)52/h6-8,10-11,19-21,25,33,45H,5,9,12-18,22H2,1-3H3,(H,44,49)(H,46,50,52). The molecule has 4 aromatic rings. The molecule has 1 atom stereocenters. The molecule has 0 spiro atoms. The van der Waals surface area contributed by atoms with E-state index in [1.54, 1.807) is 17.0 Å². The Morgan fingerprint density at radius 3 is 2.53 bits per heavy atom. The number of anilines is 1. The van der Waals surface area contributed by atoms with Crippen LogP contribution in [0.5, 0.6) is 0 Å². The Bertz CT molecular complexity index is 2290. The number of carbonyl (C=O) groups excluding carboxylic acids is 5. The molecule has 3 N–H and O–H groups in total. The van der Waals surface area contributed by atoms with Gasteiger partial charge in [-0.3, -0.25) is 29.3 Å². The van der Waals surface area contributed by atoms with Crippen molar-refractivity contribution in [3.8, 4) is 0 Å². The van der Waals surface area contributed by atoms with Crippen molar-refractivity contribution in [3.63, 3.8) is 0 Å². The Morgan fingerprint density at radius 2 is 1.79 bits per heavy atom. The summed E-state index contributed by atoms with van der Waals surface area (Å²) in [6.45, 7) is 15.7. The molecule has 2 saturated heterocycles. The summed E-state index contributed by atoms with van der Waals surface area (Å²) in [4.78, 5) is 75.6. The second-order valence-electron chi connectivity index (χ2n) is 15.2. The normalized spacial score (nSPS) is 19.5. The third-order valence-electron chi connectivity index (χ3n) is 11.8. The predicted molar refractivity (Wildman–Crippen MR) is 200 cm³/mol. The topological polar surface area (TPSA) is 136 Å². The highest BCUT2D eigenvalue weighted by Crippen LogP contribution is 2.46. The van der Waals surface area contributed by atoms with Gasteiger partial charge in [0.2, 0.25) is 17.7 Å². The minimum Gasteiger partial charge on any atom is -0.371 e. The maximum atomic E-state index is 14.1. The lowest BCUT2D eigenvalue weighted by molar-refractivity contribution is -0.137. The van der Waals surface area contributed by atoms with Crippen LogP contribution in [-0.4, -0.2) is 64.5 Å². The molecule has 4 aliphatic rings. The molecule has 3 aliphatic heterocycles. The Balaban J connectivity index is 0.922. The SMILES string of the molecule is [C-]#[N+]c1ccc2c3c([nH]c2c1)C(C)(C)c1cc(N2CCC(NC(=O)CCc4cccc5c4CN(C4CCC(=O)NC4=O)C5=O)CC2)c(CC)cc1C3=O. The molecule has 1 unspecified atom stereocenters. The van der Waals surface area contributed by atoms with E-state index in [4.69, 9.17) is 6.57 Å². The largest absolute Gasteiger partial charge is 0.371 e. The predicted octanol–water partition coefficient (Wildman–Crippen LogP) is 5.63. The summed E-state index contributed by atoms with van der Waals surface area (Å²) >= 11 is 0. The molecule has 270 valence electrons. The van der Waals surface area contributed by atoms with Gasteiger partial charge in [-0.15, -0.1) is 0 Å². The van der Waals surface area contributed by atoms with Crippen LogP contribution in [0.15, 0.2) is 48.5 Å². The molecule has 4 heterocycles. The molecule has 0 saturated carbocycles. The van der Waals surface area contributed by atoms with Crippen molar-refractivity contribution in [3.05, 3.63) is 105 Å². The van der Waals surface area contributed by atoms with Crippen molar-refractivity contribution in [2.24, 2.45) is 0 Å². The zero-order chi connectivity index (χ0) is 37.2. The van der Waals surface area contributed by atoms with Crippen LogP contribution in [0, 0.1) is 6.57 Å². The highest BCUT2D eigenvalue weighted by molar-refractivity contribution is 6.20. The fraction of sp³-hybridized carbons (Fsp3) is 0.381. The fourth-order valence-corrected chi connectivity index (χ4v) is 8.84. The van der Waals surface area contributed by atoms with Gasteiger partial charge >= 0.3 is 0 Å². The number of benzene rings is 3. The van der Waals surface area contributed by atoms with E-state index in [1.165, 1.54) is 0 Å². The van der Waals surface area contributed by atoms with E-state index < -0.39 is 17.4 Å². The summed E-state index contributed by atoms with van der Waals surface area (Å²) in [5.74, 6) is -0.994. The molecule has 1 aliphatic carbocycles. The van der Waals surface area contributed by atoms with Gasteiger partial charge in [-0.1, -0.05) is 45.0 Å². The maximum Gasteiger partial charge on any atom is 0.255 e. The van der Waals surface area contributed by atoms with E-state index in [0.29, 0.717) is 29.7 Å². The minimum atomic E-state index is -0.675. The number of H-pyrrole nitrogens is 1. The average Bonchev–Trinajstić information content (AvgIpc) is 3.71. The van der Waals surface area contributed by atoms with Crippen molar-refractivity contribution in [1.29, 1.82) is 0 Å². The molecule has 0 radical (unpaired) electrons. The third kappa shape index (κ3) is 5.77. The van der Waals surface area contributed by atoms with Crippen LogP contribution in [0.2, 0.25) is 0 Å². The van der Waals surface area contributed by atoms with Crippen molar-refractivity contribution >= 4 is 51.7 Å². The highest BCUT2D eigenvalue weighted by Gasteiger charge is 2.42. The number of amides is 4. The number of aromatic nitrogens is 1. The fourth-order valence-electron chi connectivity index (χ4n) is 8.84. The molecule has 3 aromatic carbocycles. The van der Waals surface area contributed by atoms with Crippen LogP contribution in [0.25, 0.3) is 15.7 Å². The van der Waals surface area contributed by atoms with Crippen LogP contribution in [0.3, 0.4) is 0 Å². The number of hydrogen-bond donors (Lipinski definition) is 3. The second kappa shape index (κ2) is 13.0. The van der Waals surface area contributed by atoms with E-state index in [1.807, 2.05) is 24.3 Å². The van der Waals surface area contributed by atoms with Gasteiger partial charge in [0.05, 0.1) is 12.1 Å². The number of ketones is 1. The Labute approximate surface area is 307 Å². The maximum absolute atomic E-state index is 14.1. The number of aryl methyl sites for hydroxylation is 2. The van der Waals surface area contributed by atoms with E-state index in [0.717, 1.165) is 82.5 Å². The second-order valence-corrected chi connectivity index (χ2v) is 15.2. The Hall–Kier alpha value is -5.76. The van der Waals surface area contributed by atoms with Gasteiger partial charge in [0.25, 0.3) is 5.91 Å². The van der Waals surface area contributed by atoms with Gasteiger partial charge in [0, 0.05) is 77.3 Å². The van der Waals surface area contributed by atoms with Crippen molar-refractivity contribution < 1.29 is 24.0 Å². The molecule has 8 rings (SSSR count). The van der Waals surface area contributed by atoms with Gasteiger partial charge in [0.15, 0.2) is 11.5 Å². The van der Waals surface area contributed by atoms with E-state index >= 15 is 0 Å². The summed E-state index contributed by atoms with van der Waals surface area (Å²) in [6.07, 6.45) is 3.64. The van der Waals surface area contributed by atoms with Crippen molar-refractivity contribution in [1.82, 2.24) is 20.5 Å². The van der Waals surface area contributed by atoms with Crippen LogP contribution in [0.1, 0.15) is 107 Å². The number of fused-ring (bicyclic) bond motifs is 5. The van der Waals surface area contributed by atoms with Crippen LogP contribution in [0.4, 0.5) is 11.4 Å². The number of nitrogens with zero attached hydrogens (tertiary/aromatic N) is 3. The number of hydrogen-bond acceptors (Lipinski definition) is 6. The third-order valence-corrected chi connectivity index (χ3v) is 11.8. The summed E-state index contributed by atoms with van der Waals surface area (Å²) in [5, 5.41) is 6.43. The van der Waals surface area contributed by atoms with Crippen LogP contribution < -0.4 is 15.5 Å². The minimum absolute atomic E-state index is 0.0116. The van der Waals surface area contributed by atoms with Crippen LogP contribution in [-0.2, 0) is 39.2 Å². The van der Waals surface area contributed by atoms with Gasteiger partial charge < -0.3 is 20.1 Å². The lowest BCUT2D eigenvalue weighted by Crippen LogP contribution is -2.52. The number of nitrogens with one attached hydrogen (secondary N) is 3. The van der Waals surface area contributed by atoms with Gasteiger partial charge in [0.1, 0.15) is 6.04 Å². The first-order chi connectivity index (χ1) is 25.5. The first-order valence-electron chi connectivity index (χ1n) is 18.5. The molecule has 11 nitrogen and oxygen atoms in total. The molecular weight excluding hydrogens is 668 g/mol. The zero-order valence-corrected chi connectivity index (χ0v) is 30.2. The summed E-state index contributed by atoms with van der Waals surface area (Å²) in [6, 6.07) is 14.6. The summed E-state index contributed by atoms with van der Waals surface area (Å²) in [5.41, 5.74) is 8.75. The van der Waals surface area contributed by atoms with E-state index in [-0.39, 0.29) is 48.9 Å². The van der Waals surface area contributed by atoms with Gasteiger partial charge in [-0.05, 0) is 78.6 Å². The zero-order valence-electron chi connectivity index (χ0n) is 30.2. The van der Waals surface area contributed by atoms with Gasteiger partial charge in [-0.25, -0.2) is 4.85 Å². The summed E-state index contributed by atoms with van der Waals surface area (Å²) in [7, 11) is 0. The molecular formula is C42H42N6O5. The van der Waals surface area contributed by atoms with Crippen molar-refractivity contribution in [2.75, 3.05) is 18.0 Å². The molecule has 2 fully saturated rings. The quantitative estimate of drug-likeness (QED) is 0.168. The lowest BCUT2D eigenvalue weighted by atomic mass is 9.70. The number of carbonyl (C=O) groups is 5. The number of rotatable bonds is 7. The number of piperidine rings is 2. The lowest BCUT2D eigenvalue weighted by Gasteiger charge is -2.38. The Kier molecular flexibility index (Phi) is 8.44. The highest BCUT2D eigenvalue weighted by atomic mass is 16.2. The monoisotopic (exact) mass is 710 g/mol. The molecule has 4 amide bonds. The molecule has 11 heteroatoms. The Morgan fingerprint density at radius 1 is 1.00 bits per heavy atom. The first kappa shape index (κ1) is 34.3. The molecule has 1 aromatic heterocycles. The number of imide groups is 1. The first-order valence-corrected chi connectivity index (χ1v) is 18.5. The molecule has 0 bridgehead atoms. The number of aromatic amines is 1. The van der Waals surface area contributed by atoms with Crippen LogP contribution >= 0.6 is 0 Å². The summed E-state index contributed by atoms with van der Waals surface area (Å²) < 4.78 is 0. The molecule has 53 heavy (non-hydrogen) atoms.